The van der Waals surface area contributed by atoms with Crippen molar-refractivity contribution in [2.24, 2.45) is 0 Å². The Balaban J connectivity index is 1.54. The van der Waals surface area contributed by atoms with E-state index in [-0.39, 0.29) is 0 Å². The van der Waals surface area contributed by atoms with Gasteiger partial charge in [0.2, 0.25) is 0 Å². The van der Waals surface area contributed by atoms with Crippen LogP contribution in [0.2, 0.25) is 0 Å². The molecule has 0 radical (unpaired) electrons. The van der Waals surface area contributed by atoms with Crippen LogP contribution in [0.4, 0.5) is 0 Å². The van der Waals surface area contributed by atoms with Crippen molar-refractivity contribution in [2.45, 2.75) is 31.7 Å². The monoisotopic (exact) mass is 423 g/mol. The van der Waals surface area contributed by atoms with E-state index in [1.165, 1.54) is 11.1 Å². The molecule has 0 aliphatic carbocycles. The molecule has 0 spiro atoms. The van der Waals surface area contributed by atoms with Crippen LogP contribution in [0.5, 0.6) is 0 Å². The fourth-order valence-electron chi connectivity index (χ4n) is 2.80. The maximum atomic E-state index is 6.08. The lowest BCUT2D eigenvalue weighted by Gasteiger charge is -2.22. The zero-order chi connectivity index (χ0) is 15.9. The van der Waals surface area contributed by atoms with Crippen LogP contribution in [0.25, 0.3) is 0 Å². The van der Waals surface area contributed by atoms with Crippen molar-refractivity contribution in [3.63, 3.8) is 0 Å². The summed E-state index contributed by atoms with van der Waals surface area (Å²) in [6.07, 6.45) is 1.33. The molecular weight excluding hydrogens is 401 g/mol. The highest BCUT2D eigenvalue weighted by Gasteiger charge is 2.32. The molecule has 1 aliphatic heterocycles. The van der Waals surface area contributed by atoms with Crippen molar-refractivity contribution < 1.29 is 9.57 Å². The predicted octanol–water partition coefficient (Wildman–Crippen LogP) is 4.21. The second-order valence-corrected chi connectivity index (χ2v) is 6.71. The minimum absolute atomic E-state index is 0.296. The van der Waals surface area contributed by atoms with Gasteiger partial charge in [0, 0.05) is 11.0 Å². The first-order valence-electron chi connectivity index (χ1n) is 8.00. The highest BCUT2D eigenvalue weighted by atomic mass is 127. The minimum Gasteiger partial charge on any atom is -0.375 e. The second-order valence-electron chi connectivity index (χ2n) is 5.83. The van der Waals surface area contributed by atoms with E-state index in [9.17, 15) is 0 Å². The molecule has 2 unspecified atom stereocenters. The van der Waals surface area contributed by atoms with E-state index in [0.717, 1.165) is 17.4 Å². The molecule has 3 nitrogen and oxygen atoms in total. The quantitative estimate of drug-likeness (QED) is 0.492. The highest BCUT2D eigenvalue weighted by Crippen LogP contribution is 2.25. The maximum absolute atomic E-state index is 6.08. The summed E-state index contributed by atoms with van der Waals surface area (Å²) in [7, 11) is 0. The molecule has 3 rings (SSSR count). The molecule has 1 fully saturated rings. The minimum atomic E-state index is 0.296. The normalized spacial score (nSPS) is 21.6. The Hall–Kier alpha value is -0.950. The van der Waals surface area contributed by atoms with Gasteiger partial charge in [-0.3, -0.25) is 4.84 Å². The van der Waals surface area contributed by atoms with E-state index < -0.39 is 0 Å². The van der Waals surface area contributed by atoms with E-state index >= 15 is 0 Å². The van der Waals surface area contributed by atoms with Crippen molar-refractivity contribution in [2.75, 3.05) is 11.0 Å². The predicted molar refractivity (Wildman–Crippen MR) is 100 cm³/mol. The van der Waals surface area contributed by atoms with Crippen LogP contribution in [0, 0.1) is 0 Å². The molecule has 0 N–H and O–H groups in total. The number of rotatable bonds is 7. The average molecular weight is 423 g/mol. The summed E-state index contributed by atoms with van der Waals surface area (Å²) in [4.78, 5) is 6.08. The standard InChI is InChI=1S/C19H22INO2/c20-12-19-11-18(15-22-14-17-9-5-2-6-10-17)21(23-19)13-16-7-3-1-4-8-16/h1-10,18-19H,11-15H2. The number of benzene rings is 2. The number of halogens is 1. The molecule has 2 aromatic carbocycles. The Morgan fingerprint density at radius 3 is 2.30 bits per heavy atom. The van der Waals surface area contributed by atoms with Crippen molar-refractivity contribution in [1.29, 1.82) is 0 Å². The number of nitrogens with zero attached hydrogens (tertiary/aromatic N) is 1. The summed E-state index contributed by atoms with van der Waals surface area (Å²) in [6, 6.07) is 21.1. The van der Waals surface area contributed by atoms with Crippen LogP contribution in [0.15, 0.2) is 60.7 Å². The molecule has 2 aromatic rings. The molecule has 122 valence electrons. The third-order valence-electron chi connectivity index (χ3n) is 4.00. The summed E-state index contributed by atoms with van der Waals surface area (Å²) in [5, 5.41) is 2.10. The van der Waals surface area contributed by atoms with Crippen molar-refractivity contribution in [3.05, 3.63) is 71.8 Å². The molecule has 0 aromatic heterocycles. The van der Waals surface area contributed by atoms with Crippen LogP contribution in [-0.4, -0.2) is 28.2 Å². The average Bonchev–Trinajstić information content (AvgIpc) is 2.99. The molecule has 0 bridgehead atoms. The van der Waals surface area contributed by atoms with Crippen LogP contribution < -0.4 is 0 Å². The molecular formula is C19H22INO2. The van der Waals surface area contributed by atoms with Crippen LogP contribution in [-0.2, 0) is 22.7 Å². The van der Waals surface area contributed by atoms with Gasteiger partial charge in [0.1, 0.15) is 0 Å². The Bertz CT molecular complexity index is 578. The SMILES string of the molecule is ICC1CC(COCc2ccccc2)N(Cc2ccccc2)O1. The Kier molecular flexibility index (Phi) is 6.45. The van der Waals surface area contributed by atoms with Crippen LogP contribution >= 0.6 is 22.6 Å². The fourth-order valence-corrected chi connectivity index (χ4v) is 3.32. The molecule has 4 heteroatoms. The number of ether oxygens (including phenoxy) is 1. The van der Waals surface area contributed by atoms with Gasteiger partial charge in [-0.05, 0) is 17.5 Å². The third kappa shape index (κ3) is 5.01. The number of alkyl halides is 1. The summed E-state index contributed by atoms with van der Waals surface area (Å²) in [6.45, 7) is 2.17. The molecule has 0 amide bonds. The van der Waals surface area contributed by atoms with Crippen molar-refractivity contribution in [1.82, 2.24) is 5.06 Å². The first kappa shape index (κ1) is 16.9. The van der Waals surface area contributed by atoms with Crippen molar-refractivity contribution in [3.8, 4) is 0 Å². The van der Waals surface area contributed by atoms with Crippen molar-refractivity contribution >= 4 is 22.6 Å². The van der Waals surface area contributed by atoms with E-state index in [2.05, 4.69) is 64.1 Å². The van der Waals surface area contributed by atoms with Crippen LogP contribution in [0.1, 0.15) is 17.5 Å². The molecule has 23 heavy (non-hydrogen) atoms. The molecule has 2 atom stereocenters. The van der Waals surface area contributed by atoms with Crippen LogP contribution in [0.3, 0.4) is 0 Å². The zero-order valence-corrected chi connectivity index (χ0v) is 15.3. The summed E-state index contributed by atoms with van der Waals surface area (Å²) in [5.41, 5.74) is 2.49. The molecule has 1 saturated heterocycles. The number of hydroxylamine groups is 2. The number of hydrogen-bond acceptors (Lipinski definition) is 3. The van der Waals surface area contributed by atoms with Gasteiger partial charge in [0.15, 0.2) is 0 Å². The Morgan fingerprint density at radius 2 is 1.65 bits per heavy atom. The lowest BCUT2D eigenvalue weighted by molar-refractivity contribution is -0.171. The van der Waals surface area contributed by atoms with Gasteiger partial charge in [0.05, 0.1) is 25.4 Å². The Labute approximate surface area is 151 Å². The third-order valence-corrected chi connectivity index (χ3v) is 4.98. The topological polar surface area (TPSA) is 21.7 Å². The molecule has 1 aliphatic rings. The first-order valence-corrected chi connectivity index (χ1v) is 9.52. The van der Waals surface area contributed by atoms with Gasteiger partial charge in [-0.1, -0.05) is 83.3 Å². The Morgan fingerprint density at radius 1 is 1.00 bits per heavy atom. The van der Waals surface area contributed by atoms with E-state index in [1.807, 2.05) is 24.3 Å². The lowest BCUT2D eigenvalue weighted by atomic mass is 10.1. The highest BCUT2D eigenvalue weighted by molar-refractivity contribution is 14.1. The van der Waals surface area contributed by atoms with Gasteiger partial charge in [-0.2, -0.15) is 5.06 Å². The van der Waals surface area contributed by atoms with Gasteiger partial charge in [0.25, 0.3) is 0 Å². The van der Waals surface area contributed by atoms with Gasteiger partial charge < -0.3 is 4.74 Å². The maximum Gasteiger partial charge on any atom is 0.0899 e. The fraction of sp³-hybridized carbons (Fsp3) is 0.368. The second kappa shape index (κ2) is 8.78. The van der Waals surface area contributed by atoms with Gasteiger partial charge in [-0.25, -0.2) is 0 Å². The first-order chi connectivity index (χ1) is 11.3. The largest absolute Gasteiger partial charge is 0.375 e. The van der Waals surface area contributed by atoms with E-state index in [1.54, 1.807) is 0 Å². The summed E-state index contributed by atoms with van der Waals surface area (Å²) < 4.78 is 6.95. The summed E-state index contributed by atoms with van der Waals surface area (Å²) in [5.74, 6) is 0. The molecule has 0 saturated carbocycles. The lowest BCUT2D eigenvalue weighted by Crippen LogP contribution is -2.31. The smallest absolute Gasteiger partial charge is 0.0899 e. The summed E-state index contributed by atoms with van der Waals surface area (Å²) >= 11 is 2.40. The van der Waals surface area contributed by atoms with E-state index in [0.29, 0.717) is 25.4 Å². The van der Waals surface area contributed by atoms with E-state index in [4.69, 9.17) is 9.57 Å². The van der Waals surface area contributed by atoms with Gasteiger partial charge >= 0.3 is 0 Å². The zero-order valence-electron chi connectivity index (χ0n) is 13.1. The number of hydrogen-bond donors (Lipinski definition) is 0. The van der Waals surface area contributed by atoms with Gasteiger partial charge in [-0.15, -0.1) is 0 Å². The molecule has 1 heterocycles.